The Hall–Kier alpha value is -3.44. The molecule has 2 aliphatic rings. The fraction of sp³-hybridized carbons (Fsp3) is 0.552. The first kappa shape index (κ1) is 32.1. The number of carbonyl (C=O) groups excluding carboxylic acids is 5. The van der Waals surface area contributed by atoms with Gasteiger partial charge in [-0.15, -0.1) is 0 Å². The van der Waals surface area contributed by atoms with Crippen molar-refractivity contribution < 1.29 is 28.7 Å². The number of H-pyrrole nitrogens is 1. The molecule has 1 aromatic carbocycles. The number of hydrogen-bond acceptors (Lipinski definition) is 7. The van der Waals surface area contributed by atoms with Gasteiger partial charge in [-0.05, 0) is 43.2 Å². The molecule has 2 heterocycles. The molecule has 2 fully saturated rings. The third kappa shape index (κ3) is 9.86. The molecular weight excluding hydrogens is 550 g/mol. The molecule has 2 aromatic rings. The highest BCUT2D eigenvalue weighted by molar-refractivity contribution is 6.35. The van der Waals surface area contributed by atoms with Crippen LogP contribution in [0.25, 0.3) is 10.9 Å². The van der Waals surface area contributed by atoms with E-state index in [1.807, 2.05) is 0 Å². The van der Waals surface area contributed by atoms with E-state index in [2.05, 4.69) is 27.9 Å². The molecule has 11 nitrogen and oxygen atoms in total. The number of carbonyl (C=O) groups is 5. The highest BCUT2D eigenvalue weighted by atomic mass is 35.5. The summed E-state index contributed by atoms with van der Waals surface area (Å²) in [6.07, 6.45) is 4.32. The van der Waals surface area contributed by atoms with Crippen LogP contribution in [0.4, 0.5) is 0 Å². The van der Waals surface area contributed by atoms with Crippen LogP contribution in [0.15, 0.2) is 24.3 Å². The van der Waals surface area contributed by atoms with Gasteiger partial charge in [0.15, 0.2) is 12.4 Å². The molecule has 1 aliphatic carbocycles. The number of amides is 3. The zero-order chi connectivity index (χ0) is 30.1. The Morgan fingerprint density at radius 2 is 1.88 bits per heavy atom. The van der Waals surface area contributed by atoms with Gasteiger partial charge in [-0.2, -0.15) is 0 Å². The molecule has 4 rings (SSSR count). The van der Waals surface area contributed by atoms with E-state index in [4.69, 9.17) is 22.1 Å². The lowest BCUT2D eigenvalue weighted by Gasteiger charge is -2.26. The number of esters is 1. The number of ether oxygens (including phenoxy) is 1. The fourth-order valence-electron chi connectivity index (χ4n) is 4.14. The number of nitrogens with one attached hydrogen (secondary N) is 4. The van der Waals surface area contributed by atoms with Crippen LogP contribution in [-0.2, 0) is 23.9 Å². The number of para-hydroxylation sites is 1. The first-order chi connectivity index (χ1) is 19.5. The number of aromatic amines is 1. The van der Waals surface area contributed by atoms with Crippen LogP contribution < -0.4 is 21.7 Å². The van der Waals surface area contributed by atoms with E-state index in [0.29, 0.717) is 23.5 Å². The number of aromatic nitrogens is 1. The molecule has 1 saturated carbocycles. The van der Waals surface area contributed by atoms with Crippen molar-refractivity contribution in [2.45, 2.75) is 65.0 Å². The number of ketones is 1. The second-order valence-corrected chi connectivity index (χ2v) is 11.5. The van der Waals surface area contributed by atoms with Crippen molar-refractivity contribution in [3.63, 3.8) is 0 Å². The minimum absolute atomic E-state index is 0.0403. The predicted molar refractivity (Wildman–Crippen MR) is 155 cm³/mol. The first-order valence-electron chi connectivity index (χ1n) is 14.0. The maximum Gasteiger partial charge on any atom is 0.323 e. The fourth-order valence-corrected chi connectivity index (χ4v) is 4.37. The van der Waals surface area contributed by atoms with Crippen molar-refractivity contribution >= 4 is 52.0 Å². The lowest BCUT2D eigenvalue weighted by molar-refractivity contribution is -0.151. The van der Waals surface area contributed by atoms with Crippen molar-refractivity contribution in [1.82, 2.24) is 20.9 Å². The zero-order valence-corrected chi connectivity index (χ0v) is 24.5. The molecule has 1 aromatic heterocycles. The largest absolute Gasteiger partial charge is 0.456 e. The molecule has 3 atom stereocenters. The summed E-state index contributed by atoms with van der Waals surface area (Å²) in [6, 6.07) is 4.87. The number of fused-ring (bicyclic) bond motifs is 1. The second kappa shape index (κ2) is 15.0. The first-order valence-corrected chi connectivity index (χ1v) is 14.4. The summed E-state index contributed by atoms with van der Waals surface area (Å²) >= 11 is 6.13. The number of piperidine rings is 1. The molecule has 0 radical (unpaired) electrons. The van der Waals surface area contributed by atoms with E-state index in [9.17, 15) is 24.0 Å². The number of rotatable bonds is 11. The van der Waals surface area contributed by atoms with Crippen molar-refractivity contribution in [3.8, 4) is 0 Å². The van der Waals surface area contributed by atoms with Crippen molar-refractivity contribution in [1.29, 1.82) is 0 Å². The summed E-state index contributed by atoms with van der Waals surface area (Å²) < 4.78 is 5.05. The minimum atomic E-state index is -1.09. The predicted octanol–water partition coefficient (Wildman–Crippen LogP) is 2.46. The number of hydrogen-bond donors (Lipinski definition) is 5. The van der Waals surface area contributed by atoms with E-state index < -0.39 is 54.7 Å². The van der Waals surface area contributed by atoms with Crippen LogP contribution in [0.2, 0.25) is 5.02 Å². The Morgan fingerprint density at radius 3 is 2.49 bits per heavy atom. The Balaban J connectivity index is 0.00000106. The second-order valence-electron chi connectivity index (χ2n) is 11.1. The van der Waals surface area contributed by atoms with Crippen LogP contribution in [0, 0.1) is 17.8 Å². The highest BCUT2D eigenvalue weighted by Crippen LogP contribution is 2.26. The van der Waals surface area contributed by atoms with Gasteiger partial charge in [0.1, 0.15) is 11.7 Å². The molecule has 1 unspecified atom stereocenters. The minimum Gasteiger partial charge on any atom is -0.456 e. The molecule has 12 heteroatoms. The molecule has 41 heavy (non-hydrogen) atoms. The van der Waals surface area contributed by atoms with Gasteiger partial charge in [-0.1, -0.05) is 57.3 Å². The molecule has 1 aliphatic heterocycles. The van der Waals surface area contributed by atoms with E-state index in [1.54, 1.807) is 38.1 Å². The average molecular weight is 590 g/mol. The van der Waals surface area contributed by atoms with Crippen molar-refractivity contribution in [3.05, 3.63) is 35.0 Å². The summed E-state index contributed by atoms with van der Waals surface area (Å²) in [5.74, 6) is -2.26. The molecule has 3 amide bonds. The summed E-state index contributed by atoms with van der Waals surface area (Å²) in [4.78, 5) is 65.3. The molecular formula is C29H40ClN5O6. The third-order valence-corrected chi connectivity index (χ3v) is 7.43. The quantitative estimate of drug-likeness (QED) is 0.250. The third-order valence-electron chi connectivity index (χ3n) is 7.12. The number of nitrogens with two attached hydrogens (primary N) is 1. The molecule has 0 bridgehead atoms. The summed E-state index contributed by atoms with van der Waals surface area (Å²) in [5, 5.41) is 9.00. The van der Waals surface area contributed by atoms with E-state index in [0.717, 1.165) is 17.7 Å². The van der Waals surface area contributed by atoms with Gasteiger partial charge in [0.05, 0.1) is 23.1 Å². The Kier molecular flexibility index (Phi) is 11.7. The van der Waals surface area contributed by atoms with Gasteiger partial charge in [0.2, 0.25) is 11.8 Å². The number of Topliss-reactive ketones (excluding diaryl/α,β-unsaturated/α-hetero) is 1. The Labute approximate surface area is 244 Å². The molecule has 1 saturated heterocycles. The Bertz CT molecular complexity index is 1260. The maximum atomic E-state index is 12.9. The van der Waals surface area contributed by atoms with Crippen LogP contribution in [0.3, 0.4) is 0 Å². The van der Waals surface area contributed by atoms with E-state index >= 15 is 0 Å². The van der Waals surface area contributed by atoms with Crippen LogP contribution in [0.1, 0.15) is 63.4 Å². The van der Waals surface area contributed by atoms with Crippen LogP contribution in [-0.4, -0.2) is 66.2 Å². The number of benzene rings is 1. The van der Waals surface area contributed by atoms with Gasteiger partial charge in [0.25, 0.3) is 5.91 Å². The summed E-state index contributed by atoms with van der Waals surface area (Å²) in [7, 11) is 0. The average Bonchev–Trinajstić information content (AvgIpc) is 3.59. The molecule has 0 spiro atoms. The lowest BCUT2D eigenvalue weighted by Crippen LogP contribution is -2.50. The maximum absolute atomic E-state index is 12.9. The number of halogens is 1. The van der Waals surface area contributed by atoms with Crippen molar-refractivity contribution in [2.24, 2.45) is 23.5 Å². The van der Waals surface area contributed by atoms with Gasteiger partial charge in [-0.3, -0.25) is 24.0 Å². The Morgan fingerprint density at radius 1 is 1.17 bits per heavy atom. The van der Waals surface area contributed by atoms with E-state index in [-0.39, 0.29) is 23.9 Å². The van der Waals surface area contributed by atoms with Crippen LogP contribution in [0.5, 0.6) is 0 Å². The summed E-state index contributed by atoms with van der Waals surface area (Å²) in [6.45, 7) is 5.31. The summed E-state index contributed by atoms with van der Waals surface area (Å²) in [5.41, 5.74) is 6.58. The highest BCUT2D eigenvalue weighted by Gasteiger charge is 2.31. The smallest absolute Gasteiger partial charge is 0.323 e. The molecule has 6 N–H and O–H groups in total. The van der Waals surface area contributed by atoms with Gasteiger partial charge < -0.3 is 31.4 Å². The van der Waals surface area contributed by atoms with E-state index in [1.165, 1.54) is 12.8 Å². The van der Waals surface area contributed by atoms with Gasteiger partial charge in [-0.25, -0.2) is 0 Å². The van der Waals surface area contributed by atoms with Gasteiger partial charge in [0, 0.05) is 17.8 Å². The topological polar surface area (TPSA) is 172 Å². The SMILES string of the molecule is CC(C)C(N)C(=O)OCC(=O)[C@H](C[C@@H]1CCCNC1=O)NC(=O)CNC(=O)c1cc2cccc(Cl)c2[nH]1.CC1CC1. The lowest BCUT2D eigenvalue weighted by atomic mass is 9.90. The zero-order valence-electron chi connectivity index (χ0n) is 23.8. The van der Waals surface area contributed by atoms with Gasteiger partial charge >= 0.3 is 5.97 Å². The van der Waals surface area contributed by atoms with Crippen molar-refractivity contribution in [2.75, 3.05) is 19.7 Å². The monoisotopic (exact) mass is 589 g/mol. The molecule has 224 valence electrons. The normalized spacial score (nSPS) is 18.0. The van der Waals surface area contributed by atoms with Crippen LogP contribution >= 0.6 is 11.6 Å². The standard InChI is InChI=1S/C25H32ClN5O6.C4H8/c1-13(2)21(27)25(36)37-12-19(32)17(10-15-6-4-8-28-23(15)34)30-20(33)11-29-24(35)18-9-14-5-3-7-16(26)22(14)31-18;1-4-2-3-4/h3,5,7,9,13,15,17,21,31H,4,6,8,10-12,27H2,1-2H3,(H,28,34)(H,29,35)(H,30,33);4H,2-3H2,1H3/t15-,17-,21?;/m0./s1.